The Bertz CT molecular complexity index is 369. The Kier molecular flexibility index (Phi) is 11.9. The molecule has 1 rings (SSSR count). The van der Waals surface area contributed by atoms with Crippen LogP contribution in [-0.4, -0.2) is 0 Å². The summed E-state index contributed by atoms with van der Waals surface area (Å²) < 4.78 is 0. The predicted molar refractivity (Wildman–Crippen MR) is 88.1 cm³/mol. The molecule has 0 saturated carbocycles. The zero-order valence-corrected chi connectivity index (χ0v) is 18.0. The first-order chi connectivity index (χ1) is 8.10. The first-order valence-corrected chi connectivity index (χ1v) is 6.82. The summed E-state index contributed by atoms with van der Waals surface area (Å²) in [6.45, 7) is 18.1. The van der Waals surface area contributed by atoms with E-state index in [2.05, 4.69) is 79.7 Å². The van der Waals surface area contributed by atoms with Gasteiger partial charge in [0.2, 0.25) is 0 Å². The Labute approximate surface area is 157 Å². The summed E-state index contributed by atoms with van der Waals surface area (Å²) in [5, 5.41) is 0. The predicted octanol–water partition coefficient (Wildman–Crippen LogP) is 5.92. The van der Waals surface area contributed by atoms with Crippen molar-refractivity contribution in [3.63, 3.8) is 0 Å². The van der Waals surface area contributed by atoms with Gasteiger partial charge in [0.15, 0.2) is 0 Å². The van der Waals surface area contributed by atoms with Crippen LogP contribution in [0.3, 0.4) is 0 Å². The van der Waals surface area contributed by atoms with Gasteiger partial charge in [-0.2, -0.15) is 27.7 Å². The van der Waals surface area contributed by atoms with Crippen LogP contribution in [0, 0.1) is 19.3 Å². The monoisotopic (exact) mass is 361 g/mol. The van der Waals surface area contributed by atoms with Gasteiger partial charge in [-0.05, 0) is 0 Å². The summed E-state index contributed by atoms with van der Waals surface area (Å²) in [6, 6.07) is 9.06. The molecule has 0 atom stereocenters. The van der Waals surface area contributed by atoms with Crippen molar-refractivity contribution in [1.82, 2.24) is 0 Å². The van der Waals surface area contributed by atoms with Gasteiger partial charge in [0.1, 0.15) is 0 Å². The van der Waals surface area contributed by atoms with E-state index in [4.69, 9.17) is 0 Å². The molecule has 0 unspecified atom stereocenters. The smallest absolute Gasteiger partial charge is 0.358 e. The summed E-state index contributed by atoms with van der Waals surface area (Å²) in [5.41, 5.74) is 3.12. The topological polar surface area (TPSA) is 0 Å². The van der Waals surface area contributed by atoms with Crippen molar-refractivity contribution in [3.05, 3.63) is 54.7 Å². The second-order valence-electron chi connectivity index (χ2n) is 6.83. The van der Waals surface area contributed by atoms with Crippen molar-refractivity contribution in [3.8, 4) is 0 Å². The van der Waals surface area contributed by atoms with E-state index in [-0.39, 0.29) is 55.4 Å². The van der Waals surface area contributed by atoms with Crippen molar-refractivity contribution < 1.29 is 37.1 Å². The van der Waals surface area contributed by atoms with E-state index < -0.39 is 0 Å². The quantitative estimate of drug-likeness (QED) is 0.585. The van der Waals surface area contributed by atoms with E-state index in [0.717, 1.165) is 0 Å². The van der Waals surface area contributed by atoms with E-state index in [1.54, 1.807) is 0 Å². The van der Waals surface area contributed by atoms with Crippen molar-refractivity contribution in [1.29, 1.82) is 0 Å². The Morgan fingerprint density at radius 1 is 0.762 bits per heavy atom. The molecule has 0 bridgehead atoms. The summed E-state index contributed by atoms with van der Waals surface area (Å²) in [7, 11) is 0. The van der Waals surface area contributed by atoms with Gasteiger partial charge in [-0.3, -0.25) is 0 Å². The molecule has 0 nitrogen and oxygen atoms in total. The summed E-state index contributed by atoms with van der Waals surface area (Å²) >= 11 is 0. The van der Waals surface area contributed by atoms with Crippen LogP contribution in [0.4, 0.5) is 0 Å². The maximum atomic E-state index is 2.38. The van der Waals surface area contributed by atoms with E-state index in [1.165, 1.54) is 23.0 Å². The van der Waals surface area contributed by atoms with E-state index >= 15 is 0 Å². The van der Waals surface area contributed by atoms with Crippen LogP contribution in [-0.2, 0) is 47.9 Å². The Hall–Kier alpha value is 0.389. The van der Waals surface area contributed by atoms with E-state index in [9.17, 15) is 0 Å². The minimum Gasteiger partial charge on any atom is -0.358 e. The molecule has 0 spiro atoms. The number of benzene rings is 1. The fourth-order valence-electron chi connectivity index (χ4n) is 1.87. The van der Waals surface area contributed by atoms with Crippen molar-refractivity contribution in [2.24, 2.45) is 0 Å². The van der Waals surface area contributed by atoms with Crippen molar-refractivity contribution in [2.45, 2.75) is 66.2 Å². The van der Waals surface area contributed by atoms with Crippen LogP contribution >= 0.6 is 0 Å². The average molecular weight is 361 g/mol. The molecule has 0 aromatic heterocycles. The third-order valence-corrected chi connectivity index (χ3v) is 4.81. The minimum absolute atomic E-state index is 0. The SMILES string of the molecule is C[C-](C)C(C)(C)c1cccc(C(C)(C)[C-](C)C)c1.[CH3-].[V+2].[V]. The summed E-state index contributed by atoms with van der Waals surface area (Å²) in [4.78, 5) is 0. The standard InChI is InChI=1S/C18H28.CH3.2V/c1-13(2)17(5,6)15-10-9-11-16(12-15)18(7,8)14(3)4;;;/h9-12H,1-8H3;1H3;;/q-2;-1;;+2. The molecular weight excluding hydrogens is 330 g/mol. The second-order valence-corrected chi connectivity index (χ2v) is 6.83. The number of hydrogen-bond acceptors (Lipinski definition) is 0. The zero-order valence-electron chi connectivity index (χ0n) is 15.2. The van der Waals surface area contributed by atoms with Crippen LogP contribution in [0.15, 0.2) is 24.3 Å². The molecular formula is C19H31V2-. The van der Waals surface area contributed by atoms with Crippen LogP contribution in [0.25, 0.3) is 0 Å². The molecule has 0 aliphatic rings. The first-order valence-electron chi connectivity index (χ1n) is 6.82. The van der Waals surface area contributed by atoms with Crippen LogP contribution in [0.1, 0.15) is 66.5 Å². The molecule has 2 heteroatoms. The molecule has 0 amide bonds. The molecule has 0 saturated heterocycles. The molecule has 0 heterocycles. The molecule has 2 radical (unpaired) electrons. The fourth-order valence-corrected chi connectivity index (χ4v) is 1.87. The van der Waals surface area contributed by atoms with Crippen LogP contribution < -0.4 is 0 Å². The van der Waals surface area contributed by atoms with Gasteiger partial charge in [-0.1, -0.05) is 63.1 Å². The zero-order chi connectivity index (χ0) is 14.1. The minimum atomic E-state index is 0. The van der Waals surface area contributed by atoms with Gasteiger partial charge < -0.3 is 19.3 Å². The molecule has 0 aliphatic heterocycles. The normalized spacial score (nSPS) is 11.5. The van der Waals surface area contributed by atoms with Crippen molar-refractivity contribution >= 4 is 0 Å². The van der Waals surface area contributed by atoms with Gasteiger partial charge in [0.25, 0.3) is 0 Å². The number of hydrogen-bond donors (Lipinski definition) is 0. The maximum Gasteiger partial charge on any atom is 2.00 e. The third-order valence-electron chi connectivity index (χ3n) is 4.81. The van der Waals surface area contributed by atoms with Crippen LogP contribution in [0.2, 0.25) is 0 Å². The van der Waals surface area contributed by atoms with Gasteiger partial charge in [0, 0.05) is 18.6 Å². The maximum absolute atomic E-state index is 2.38. The number of rotatable bonds is 4. The second kappa shape index (κ2) is 9.51. The summed E-state index contributed by atoms with van der Waals surface area (Å²) in [6.07, 6.45) is 0. The van der Waals surface area contributed by atoms with E-state index in [0.29, 0.717) is 0 Å². The molecule has 0 aliphatic carbocycles. The van der Waals surface area contributed by atoms with Gasteiger partial charge in [0.05, 0.1) is 0 Å². The fraction of sp³-hybridized carbons (Fsp3) is 0.526. The first kappa shape index (κ1) is 26.3. The van der Waals surface area contributed by atoms with Gasteiger partial charge in [-0.25, -0.2) is 0 Å². The van der Waals surface area contributed by atoms with Crippen molar-refractivity contribution in [2.75, 3.05) is 0 Å². The Morgan fingerprint density at radius 3 is 1.29 bits per heavy atom. The van der Waals surface area contributed by atoms with Crippen LogP contribution in [0.5, 0.6) is 0 Å². The third kappa shape index (κ3) is 5.83. The van der Waals surface area contributed by atoms with Gasteiger partial charge >= 0.3 is 18.6 Å². The Morgan fingerprint density at radius 2 is 1.05 bits per heavy atom. The molecule has 1 aromatic carbocycles. The molecule has 0 N–H and O–H groups in total. The average Bonchev–Trinajstić information content (AvgIpc) is 2.28. The van der Waals surface area contributed by atoms with Gasteiger partial charge in [-0.15, -0.1) is 10.8 Å². The molecule has 1 aromatic rings. The largest absolute Gasteiger partial charge is 2.00 e. The molecule has 21 heavy (non-hydrogen) atoms. The molecule has 0 fully saturated rings. The Balaban J connectivity index is -0.00000108. The molecule has 118 valence electrons. The van der Waals surface area contributed by atoms with E-state index in [1.807, 2.05) is 0 Å². The summed E-state index contributed by atoms with van der Waals surface area (Å²) in [5.74, 6) is 2.91.